The molecule has 2 aromatic heterocycles. The predicted molar refractivity (Wildman–Crippen MR) is 97.6 cm³/mol. The van der Waals surface area contributed by atoms with Crippen molar-refractivity contribution in [1.82, 2.24) is 19.9 Å². The van der Waals surface area contributed by atoms with Crippen LogP contribution in [0.4, 0.5) is 11.8 Å². The molecular formula is C18H26N6. The first-order chi connectivity index (χ1) is 11.7. The van der Waals surface area contributed by atoms with E-state index >= 15 is 0 Å². The number of fused-ring (bicyclic) bond motifs is 2. The van der Waals surface area contributed by atoms with E-state index in [1.54, 1.807) is 0 Å². The number of pyridine rings is 1. The van der Waals surface area contributed by atoms with Crippen LogP contribution in [0.2, 0.25) is 0 Å². The van der Waals surface area contributed by atoms with Crippen LogP contribution in [0.3, 0.4) is 0 Å². The molecule has 4 rings (SSSR count). The van der Waals surface area contributed by atoms with E-state index in [-0.39, 0.29) is 0 Å². The van der Waals surface area contributed by atoms with Crippen molar-refractivity contribution in [3.05, 3.63) is 17.3 Å². The number of nitrogens with one attached hydrogen (secondary N) is 2. The third-order valence-electron chi connectivity index (χ3n) is 5.38. The summed E-state index contributed by atoms with van der Waals surface area (Å²) in [5.74, 6) is 1.55. The monoisotopic (exact) mass is 326 g/mol. The average Bonchev–Trinajstić information content (AvgIpc) is 3.03. The molecule has 2 N–H and O–H groups in total. The quantitative estimate of drug-likeness (QED) is 0.904. The van der Waals surface area contributed by atoms with Gasteiger partial charge in [-0.25, -0.2) is 4.98 Å². The van der Waals surface area contributed by atoms with Gasteiger partial charge < -0.3 is 10.6 Å². The highest BCUT2D eigenvalue weighted by molar-refractivity contribution is 5.90. The van der Waals surface area contributed by atoms with Crippen LogP contribution in [0.25, 0.3) is 11.0 Å². The molecule has 2 saturated heterocycles. The Morgan fingerprint density at radius 2 is 1.88 bits per heavy atom. The lowest BCUT2D eigenvalue weighted by Crippen LogP contribution is -2.47. The molecule has 6 heteroatoms. The van der Waals surface area contributed by atoms with Crippen LogP contribution in [0, 0.1) is 13.8 Å². The minimum absolute atomic E-state index is 0.439. The van der Waals surface area contributed by atoms with Crippen molar-refractivity contribution < 1.29 is 0 Å². The summed E-state index contributed by atoms with van der Waals surface area (Å²) in [5, 5.41) is 7.84. The van der Waals surface area contributed by atoms with Crippen LogP contribution >= 0.6 is 0 Å². The van der Waals surface area contributed by atoms with Crippen LogP contribution in [-0.4, -0.2) is 52.1 Å². The second kappa shape index (κ2) is 6.16. The molecule has 2 unspecified atom stereocenters. The summed E-state index contributed by atoms with van der Waals surface area (Å²) in [4.78, 5) is 16.7. The fourth-order valence-corrected chi connectivity index (χ4v) is 4.35. The first kappa shape index (κ1) is 15.6. The highest BCUT2D eigenvalue weighted by atomic mass is 15.2. The Morgan fingerprint density at radius 3 is 2.67 bits per heavy atom. The Kier molecular flexibility index (Phi) is 4.00. The normalized spacial score (nSPS) is 24.1. The van der Waals surface area contributed by atoms with Crippen molar-refractivity contribution >= 4 is 22.8 Å². The lowest BCUT2D eigenvalue weighted by atomic mass is 9.96. The minimum atomic E-state index is 0.439. The molecule has 0 aliphatic carbocycles. The first-order valence-electron chi connectivity index (χ1n) is 9.00. The third-order valence-corrected chi connectivity index (χ3v) is 5.38. The maximum atomic E-state index is 4.73. The predicted octanol–water partition coefficient (Wildman–Crippen LogP) is 2.72. The van der Waals surface area contributed by atoms with E-state index in [9.17, 15) is 0 Å². The van der Waals surface area contributed by atoms with E-state index in [1.165, 1.54) is 38.8 Å². The number of aryl methyl sites for hydroxylation is 2. The van der Waals surface area contributed by atoms with Crippen LogP contribution in [-0.2, 0) is 0 Å². The molecule has 2 aromatic rings. The number of aromatic nitrogens is 3. The second-order valence-corrected chi connectivity index (χ2v) is 7.06. The topological polar surface area (TPSA) is 66.0 Å². The standard InChI is InChI=1S/C18H26N6/c1-11-10-12(2)20-17-15(11)16(19-3)22-18(23-17)21-13-6-4-8-24-9-5-7-14(13)24/h10,13-14H,4-9H2,1-3H3,(H2,19,20,21,22,23). The van der Waals surface area contributed by atoms with Gasteiger partial charge in [-0.05, 0) is 64.3 Å². The van der Waals surface area contributed by atoms with Gasteiger partial charge in [0.25, 0.3) is 0 Å². The summed E-state index contributed by atoms with van der Waals surface area (Å²) < 4.78 is 0. The van der Waals surface area contributed by atoms with Gasteiger partial charge in [0.2, 0.25) is 5.95 Å². The van der Waals surface area contributed by atoms with Gasteiger partial charge in [-0.2, -0.15) is 9.97 Å². The molecule has 0 aromatic carbocycles. The fraction of sp³-hybridized carbons (Fsp3) is 0.611. The zero-order valence-electron chi connectivity index (χ0n) is 14.8. The third kappa shape index (κ3) is 2.69. The number of nitrogens with zero attached hydrogens (tertiary/aromatic N) is 4. The molecule has 128 valence electrons. The van der Waals surface area contributed by atoms with Crippen molar-refractivity contribution in [1.29, 1.82) is 0 Å². The highest BCUT2D eigenvalue weighted by Gasteiger charge is 2.35. The maximum Gasteiger partial charge on any atom is 0.227 e. The molecular weight excluding hydrogens is 300 g/mol. The van der Waals surface area contributed by atoms with Crippen LogP contribution in [0.5, 0.6) is 0 Å². The lowest BCUT2D eigenvalue weighted by molar-refractivity contribution is 0.182. The molecule has 4 heterocycles. The molecule has 24 heavy (non-hydrogen) atoms. The van der Waals surface area contributed by atoms with Crippen LogP contribution in [0.1, 0.15) is 36.9 Å². The molecule has 0 radical (unpaired) electrons. The smallest absolute Gasteiger partial charge is 0.227 e. The summed E-state index contributed by atoms with van der Waals surface area (Å²) >= 11 is 0. The molecule has 2 fully saturated rings. The van der Waals surface area contributed by atoms with Crippen LogP contribution < -0.4 is 10.6 Å². The Balaban J connectivity index is 1.69. The zero-order chi connectivity index (χ0) is 16.7. The van der Waals surface area contributed by atoms with Gasteiger partial charge in [0, 0.05) is 24.8 Å². The van der Waals surface area contributed by atoms with Crippen molar-refractivity contribution in [3.8, 4) is 0 Å². The minimum Gasteiger partial charge on any atom is -0.372 e. The van der Waals surface area contributed by atoms with E-state index in [0.29, 0.717) is 18.0 Å². The van der Waals surface area contributed by atoms with E-state index in [0.717, 1.165) is 28.1 Å². The Labute approximate surface area is 143 Å². The highest BCUT2D eigenvalue weighted by Crippen LogP contribution is 2.30. The molecule has 0 bridgehead atoms. The fourth-order valence-electron chi connectivity index (χ4n) is 4.35. The summed E-state index contributed by atoms with van der Waals surface area (Å²) in [6.07, 6.45) is 5.03. The molecule has 2 atom stereocenters. The van der Waals surface area contributed by atoms with Gasteiger partial charge >= 0.3 is 0 Å². The van der Waals surface area contributed by atoms with E-state index in [1.807, 2.05) is 14.0 Å². The molecule has 0 spiro atoms. The summed E-state index contributed by atoms with van der Waals surface area (Å²) in [6.45, 7) is 6.58. The van der Waals surface area contributed by atoms with Gasteiger partial charge in [0.15, 0.2) is 5.65 Å². The Morgan fingerprint density at radius 1 is 1.08 bits per heavy atom. The van der Waals surface area contributed by atoms with Crippen molar-refractivity contribution in [2.45, 2.75) is 51.6 Å². The van der Waals surface area contributed by atoms with Crippen LogP contribution in [0.15, 0.2) is 6.07 Å². The molecule has 2 aliphatic rings. The number of hydrogen-bond donors (Lipinski definition) is 2. The molecule has 0 amide bonds. The van der Waals surface area contributed by atoms with E-state index in [2.05, 4.69) is 33.5 Å². The van der Waals surface area contributed by atoms with Gasteiger partial charge in [0.1, 0.15) is 5.82 Å². The SMILES string of the molecule is CNc1nc(NC2CCCN3CCCC23)nc2nc(C)cc(C)c12. The van der Waals surface area contributed by atoms with Gasteiger partial charge in [0.05, 0.1) is 5.39 Å². The van der Waals surface area contributed by atoms with E-state index in [4.69, 9.17) is 9.97 Å². The van der Waals surface area contributed by atoms with Gasteiger partial charge in [-0.1, -0.05) is 0 Å². The summed E-state index contributed by atoms with van der Waals surface area (Å²) in [5.41, 5.74) is 2.92. The number of anilines is 2. The Bertz CT molecular complexity index is 759. The molecule has 2 aliphatic heterocycles. The van der Waals surface area contributed by atoms with E-state index < -0.39 is 0 Å². The number of hydrogen-bond acceptors (Lipinski definition) is 6. The summed E-state index contributed by atoms with van der Waals surface area (Å²) in [7, 11) is 1.91. The van der Waals surface area contributed by atoms with Gasteiger partial charge in [-0.15, -0.1) is 0 Å². The second-order valence-electron chi connectivity index (χ2n) is 7.06. The van der Waals surface area contributed by atoms with Gasteiger partial charge in [-0.3, -0.25) is 4.90 Å². The first-order valence-corrected chi connectivity index (χ1v) is 9.00. The maximum absolute atomic E-state index is 4.73. The molecule has 0 saturated carbocycles. The van der Waals surface area contributed by atoms with Crippen molar-refractivity contribution in [3.63, 3.8) is 0 Å². The number of rotatable bonds is 3. The molecule has 6 nitrogen and oxygen atoms in total. The van der Waals surface area contributed by atoms with Crippen molar-refractivity contribution in [2.24, 2.45) is 0 Å². The lowest BCUT2D eigenvalue weighted by Gasteiger charge is -2.37. The summed E-state index contributed by atoms with van der Waals surface area (Å²) in [6, 6.07) is 3.15. The number of piperidine rings is 1. The van der Waals surface area contributed by atoms with Crippen molar-refractivity contribution in [2.75, 3.05) is 30.8 Å². The average molecular weight is 326 g/mol. The Hall–Kier alpha value is -1.95. The largest absolute Gasteiger partial charge is 0.372 e. The zero-order valence-corrected chi connectivity index (χ0v) is 14.8.